The number of nitrogens with one attached hydrogen (secondary N) is 1. The van der Waals surface area contributed by atoms with Crippen LogP contribution in [0.2, 0.25) is 10.0 Å². The molecule has 0 saturated heterocycles. The summed E-state index contributed by atoms with van der Waals surface area (Å²) in [5.74, 6) is 0.642. The lowest BCUT2D eigenvalue weighted by atomic mass is 10.1. The average molecular weight is 453 g/mol. The molecule has 0 fully saturated rings. The largest absolute Gasteiger partial charge is 0.354 e. The van der Waals surface area contributed by atoms with E-state index in [0.29, 0.717) is 28.9 Å². The van der Waals surface area contributed by atoms with E-state index in [1.165, 1.54) is 11.8 Å². The Morgan fingerprint density at radius 1 is 1.14 bits per heavy atom. The summed E-state index contributed by atoms with van der Waals surface area (Å²) in [7, 11) is 0. The predicted octanol–water partition coefficient (Wildman–Crippen LogP) is 5.17. The van der Waals surface area contributed by atoms with E-state index in [9.17, 15) is 9.59 Å². The van der Waals surface area contributed by atoms with Crippen molar-refractivity contribution in [3.63, 3.8) is 0 Å². The molecule has 1 N–H and O–H groups in total. The topological polar surface area (TPSA) is 49.4 Å². The molecular weight excluding hydrogens is 427 g/mol. The molecule has 0 spiro atoms. The van der Waals surface area contributed by atoms with Gasteiger partial charge in [-0.1, -0.05) is 60.5 Å². The van der Waals surface area contributed by atoms with E-state index < -0.39 is 6.04 Å². The third kappa shape index (κ3) is 7.57. The van der Waals surface area contributed by atoms with Gasteiger partial charge in [-0.25, -0.2) is 0 Å². The molecule has 2 aromatic carbocycles. The molecular formula is C22H26Cl2N2O2S. The van der Waals surface area contributed by atoms with Crippen LogP contribution in [-0.4, -0.2) is 35.1 Å². The molecule has 2 rings (SSSR count). The summed E-state index contributed by atoms with van der Waals surface area (Å²) in [6, 6.07) is 14.4. The van der Waals surface area contributed by atoms with Crippen LogP contribution in [0.4, 0.5) is 0 Å². The van der Waals surface area contributed by atoms with Gasteiger partial charge in [0.15, 0.2) is 0 Å². The first kappa shape index (κ1) is 23.6. The highest BCUT2D eigenvalue weighted by molar-refractivity contribution is 7.99. The molecule has 0 heterocycles. The Morgan fingerprint density at radius 3 is 2.59 bits per heavy atom. The number of halogens is 2. The first-order valence-corrected chi connectivity index (χ1v) is 11.5. The zero-order chi connectivity index (χ0) is 21.2. The van der Waals surface area contributed by atoms with Crippen LogP contribution in [0.1, 0.15) is 31.4 Å². The Morgan fingerprint density at radius 2 is 1.90 bits per heavy atom. The molecule has 0 aliphatic carbocycles. The van der Waals surface area contributed by atoms with Gasteiger partial charge in [0.25, 0.3) is 0 Å². The fraction of sp³-hybridized carbons (Fsp3) is 0.364. The van der Waals surface area contributed by atoms with Gasteiger partial charge in [-0.15, -0.1) is 11.8 Å². The van der Waals surface area contributed by atoms with Crippen molar-refractivity contribution in [3.8, 4) is 0 Å². The molecule has 0 aliphatic rings. The minimum absolute atomic E-state index is 0.0961. The Balaban J connectivity index is 2.07. The number of hydrogen-bond acceptors (Lipinski definition) is 3. The average Bonchev–Trinajstić information content (AvgIpc) is 2.71. The molecule has 0 aromatic heterocycles. The van der Waals surface area contributed by atoms with Gasteiger partial charge in [-0.3, -0.25) is 9.59 Å². The molecule has 0 radical (unpaired) electrons. The summed E-state index contributed by atoms with van der Waals surface area (Å²) in [5.41, 5.74) is 1.87. The van der Waals surface area contributed by atoms with Gasteiger partial charge in [-0.05, 0) is 42.7 Å². The van der Waals surface area contributed by atoms with Crippen LogP contribution in [-0.2, 0) is 21.9 Å². The van der Waals surface area contributed by atoms with Crippen molar-refractivity contribution in [2.45, 2.75) is 38.6 Å². The molecule has 2 aromatic rings. The molecule has 4 nitrogen and oxygen atoms in total. The van der Waals surface area contributed by atoms with E-state index >= 15 is 0 Å². The van der Waals surface area contributed by atoms with Crippen molar-refractivity contribution in [3.05, 3.63) is 69.7 Å². The quantitative estimate of drug-likeness (QED) is 0.540. The van der Waals surface area contributed by atoms with Crippen molar-refractivity contribution in [2.24, 2.45) is 0 Å². The zero-order valence-corrected chi connectivity index (χ0v) is 19.0. The summed E-state index contributed by atoms with van der Waals surface area (Å²) >= 11 is 13.8. The molecule has 2 amide bonds. The summed E-state index contributed by atoms with van der Waals surface area (Å²) < 4.78 is 0. The van der Waals surface area contributed by atoms with Crippen molar-refractivity contribution < 1.29 is 9.59 Å². The monoisotopic (exact) mass is 452 g/mol. The van der Waals surface area contributed by atoms with Gasteiger partial charge < -0.3 is 10.2 Å². The van der Waals surface area contributed by atoms with Crippen LogP contribution in [0.5, 0.6) is 0 Å². The van der Waals surface area contributed by atoms with Crippen molar-refractivity contribution >= 4 is 46.8 Å². The van der Waals surface area contributed by atoms with Crippen LogP contribution in [0.25, 0.3) is 0 Å². The second-order valence-electron chi connectivity index (χ2n) is 6.70. The van der Waals surface area contributed by atoms with Crippen LogP contribution < -0.4 is 5.32 Å². The minimum atomic E-state index is -0.575. The van der Waals surface area contributed by atoms with E-state index in [4.69, 9.17) is 23.2 Å². The van der Waals surface area contributed by atoms with E-state index in [1.807, 2.05) is 49.4 Å². The molecule has 1 unspecified atom stereocenters. The first-order valence-electron chi connectivity index (χ1n) is 9.55. The smallest absolute Gasteiger partial charge is 0.242 e. The highest BCUT2D eigenvalue weighted by Crippen LogP contribution is 2.22. The Kier molecular flexibility index (Phi) is 9.85. The minimum Gasteiger partial charge on any atom is -0.354 e. The van der Waals surface area contributed by atoms with Gasteiger partial charge >= 0.3 is 0 Å². The third-order valence-electron chi connectivity index (χ3n) is 4.40. The number of carbonyl (C=O) groups excluding carboxylic acids is 2. The predicted molar refractivity (Wildman–Crippen MR) is 122 cm³/mol. The molecule has 29 heavy (non-hydrogen) atoms. The molecule has 1 atom stereocenters. The van der Waals surface area contributed by atoms with E-state index in [2.05, 4.69) is 5.32 Å². The van der Waals surface area contributed by atoms with Gasteiger partial charge in [0.05, 0.1) is 5.75 Å². The second kappa shape index (κ2) is 12.1. The number of benzene rings is 2. The maximum atomic E-state index is 13.0. The van der Waals surface area contributed by atoms with Gasteiger partial charge in [0.2, 0.25) is 11.8 Å². The number of nitrogens with zero attached hydrogens (tertiary/aromatic N) is 1. The fourth-order valence-corrected chi connectivity index (χ4v) is 4.17. The molecule has 0 aliphatic heterocycles. The van der Waals surface area contributed by atoms with E-state index in [1.54, 1.807) is 17.9 Å². The molecule has 0 saturated carbocycles. The van der Waals surface area contributed by atoms with E-state index in [0.717, 1.165) is 17.5 Å². The second-order valence-corrected chi connectivity index (χ2v) is 8.53. The maximum absolute atomic E-state index is 13.0. The fourth-order valence-electron chi connectivity index (χ4n) is 2.76. The lowest BCUT2D eigenvalue weighted by Crippen LogP contribution is -2.48. The molecule has 0 bridgehead atoms. The van der Waals surface area contributed by atoms with Crippen LogP contribution in [0.3, 0.4) is 0 Å². The standard InChI is InChI=1S/C22H26Cl2N2O2S/c1-3-11-25-22(28)16(2)26(13-17-7-6-9-19(23)12-17)21(27)15-29-14-18-8-4-5-10-20(18)24/h4-10,12,16H,3,11,13-15H2,1-2H3,(H,25,28). The Bertz CT molecular complexity index is 832. The number of thioether (sulfide) groups is 1. The van der Waals surface area contributed by atoms with Gasteiger partial charge in [0, 0.05) is 28.9 Å². The molecule has 7 heteroatoms. The maximum Gasteiger partial charge on any atom is 0.242 e. The Hall–Kier alpha value is -1.69. The zero-order valence-electron chi connectivity index (χ0n) is 16.7. The summed E-state index contributed by atoms with van der Waals surface area (Å²) in [6.45, 7) is 4.66. The number of amides is 2. The van der Waals surface area contributed by atoms with Gasteiger partial charge in [-0.2, -0.15) is 0 Å². The van der Waals surface area contributed by atoms with Crippen LogP contribution >= 0.6 is 35.0 Å². The highest BCUT2D eigenvalue weighted by atomic mass is 35.5. The lowest BCUT2D eigenvalue weighted by molar-refractivity contribution is -0.138. The van der Waals surface area contributed by atoms with Crippen molar-refractivity contribution in [2.75, 3.05) is 12.3 Å². The van der Waals surface area contributed by atoms with Gasteiger partial charge in [0.1, 0.15) is 6.04 Å². The third-order valence-corrected chi connectivity index (χ3v) is 5.97. The van der Waals surface area contributed by atoms with Crippen LogP contribution in [0.15, 0.2) is 48.5 Å². The lowest BCUT2D eigenvalue weighted by Gasteiger charge is -2.29. The van der Waals surface area contributed by atoms with Crippen molar-refractivity contribution in [1.29, 1.82) is 0 Å². The first-order chi connectivity index (χ1) is 13.9. The summed E-state index contributed by atoms with van der Waals surface area (Å²) in [5, 5.41) is 4.16. The number of rotatable bonds is 10. The molecule has 156 valence electrons. The number of carbonyl (C=O) groups is 2. The summed E-state index contributed by atoms with van der Waals surface area (Å²) in [4.78, 5) is 27.1. The normalized spacial score (nSPS) is 11.7. The SMILES string of the molecule is CCCNC(=O)C(C)N(Cc1cccc(Cl)c1)C(=O)CSCc1ccccc1Cl. The summed E-state index contributed by atoms with van der Waals surface area (Å²) in [6.07, 6.45) is 0.842. The van der Waals surface area contributed by atoms with E-state index in [-0.39, 0.29) is 17.6 Å². The highest BCUT2D eigenvalue weighted by Gasteiger charge is 2.25. The van der Waals surface area contributed by atoms with Crippen LogP contribution in [0, 0.1) is 0 Å². The number of hydrogen-bond donors (Lipinski definition) is 1. The Labute approximate surface area is 187 Å². The van der Waals surface area contributed by atoms with Crippen molar-refractivity contribution in [1.82, 2.24) is 10.2 Å².